The molecule has 0 unspecified atom stereocenters. The molecule has 1 saturated carbocycles. The number of amides is 1. The standard InChI is InChI=1S/C21H34N4O.HI/c1-4-22-21(24-15-14-23-20(26)16(2)3)25-19-12-10-18(11-13-19)17-8-6-5-7-9-17;/h5-9,16,18-19H,4,10-15H2,1-3H3,(H,23,26)(H2,22,24,25);1H. The number of halogens is 1. The van der Waals surface area contributed by atoms with Crippen LogP contribution < -0.4 is 16.0 Å². The normalized spacial score (nSPS) is 19.9. The highest BCUT2D eigenvalue weighted by Crippen LogP contribution is 2.32. The van der Waals surface area contributed by atoms with Crippen LogP contribution >= 0.6 is 24.0 Å². The van der Waals surface area contributed by atoms with E-state index >= 15 is 0 Å². The molecule has 0 aromatic heterocycles. The van der Waals surface area contributed by atoms with Crippen molar-refractivity contribution in [1.82, 2.24) is 16.0 Å². The molecule has 1 fully saturated rings. The lowest BCUT2D eigenvalue weighted by atomic mass is 9.82. The number of carbonyl (C=O) groups is 1. The van der Waals surface area contributed by atoms with Gasteiger partial charge in [-0.25, -0.2) is 0 Å². The van der Waals surface area contributed by atoms with Crippen LogP contribution in [0.25, 0.3) is 0 Å². The van der Waals surface area contributed by atoms with Crippen molar-refractivity contribution < 1.29 is 4.79 Å². The van der Waals surface area contributed by atoms with Crippen molar-refractivity contribution in [3.63, 3.8) is 0 Å². The first-order chi connectivity index (χ1) is 12.6. The van der Waals surface area contributed by atoms with E-state index in [1.165, 1.54) is 18.4 Å². The van der Waals surface area contributed by atoms with Gasteiger partial charge in [-0.1, -0.05) is 44.2 Å². The van der Waals surface area contributed by atoms with Gasteiger partial charge in [-0.05, 0) is 44.1 Å². The zero-order valence-corrected chi connectivity index (χ0v) is 19.2. The van der Waals surface area contributed by atoms with E-state index in [0.717, 1.165) is 25.3 Å². The van der Waals surface area contributed by atoms with Crippen molar-refractivity contribution in [2.75, 3.05) is 19.6 Å². The Morgan fingerprint density at radius 3 is 2.37 bits per heavy atom. The lowest BCUT2D eigenvalue weighted by Crippen LogP contribution is -2.45. The third-order valence-electron chi connectivity index (χ3n) is 4.89. The van der Waals surface area contributed by atoms with Crippen molar-refractivity contribution >= 4 is 35.8 Å². The predicted molar refractivity (Wildman–Crippen MR) is 124 cm³/mol. The van der Waals surface area contributed by atoms with Gasteiger partial charge in [-0.15, -0.1) is 24.0 Å². The summed E-state index contributed by atoms with van der Waals surface area (Å²) in [5.41, 5.74) is 1.47. The molecule has 1 aromatic carbocycles. The van der Waals surface area contributed by atoms with Gasteiger partial charge >= 0.3 is 0 Å². The van der Waals surface area contributed by atoms with Crippen molar-refractivity contribution in [3.05, 3.63) is 35.9 Å². The van der Waals surface area contributed by atoms with Gasteiger partial charge < -0.3 is 16.0 Å². The Labute approximate surface area is 181 Å². The molecule has 27 heavy (non-hydrogen) atoms. The highest BCUT2D eigenvalue weighted by molar-refractivity contribution is 14.0. The van der Waals surface area contributed by atoms with E-state index in [1.807, 2.05) is 13.8 Å². The number of carbonyl (C=O) groups excluding carboxylic acids is 1. The number of nitrogens with zero attached hydrogens (tertiary/aromatic N) is 1. The SMILES string of the molecule is CCNC(=NCCNC(=O)C(C)C)NC1CCC(c2ccccc2)CC1.I. The van der Waals surface area contributed by atoms with Gasteiger partial charge in [0.1, 0.15) is 0 Å². The van der Waals surface area contributed by atoms with E-state index in [0.29, 0.717) is 25.0 Å². The molecule has 0 aliphatic heterocycles. The van der Waals surface area contributed by atoms with Gasteiger partial charge in [0.15, 0.2) is 5.96 Å². The summed E-state index contributed by atoms with van der Waals surface area (Å²) in [6, 6.07) is 11.3. The molecule has 3 N–H and O–H groups in total. The van der Waals surface area contributed by atoms with Gasteiger partial charge in [0.25, 0.3) is 0 Å². The number of guanidine groups is 1. The number of nitrogens with one attached hydrogen (secondary N) is 3. The lowest BCUT2D eigenvalue weighted by molar-refractivity contribution is -0.123. The van der Waals surface area contributed by atoms with E-state index in [-0.39, 0.29) is 35.8 Å². The second-order valence-corrected chi connectivity index (χ2v) is 7.31. The Bertz CT molecular complexity index is 569. The molecule has 0 radical (unpaired) electrons. The van der Waals surface area contributed by atoms with E-state index < -0.39 is 0 Å². The Morgan fingerprint density at radius 2 is 1.78 bits per heavy atom. The van der Waals surface area contributed by atoms with Crippen molar-refractivity contribution in [3.8, 4) is 0 Å². The molecule has 1 aliphatic carbocycles. The second kappa shape index (κ2) is 13.0. The number of aliphatic imine (C=N–C) groups is 1. The lowest BCUT2D eigenvalue weighted by Gasteiger charge is -2.30. The summed E-state index contributed by atoms with van der Waals surface area (Å²) in [6.07, 6.45) is 4.75. The van der Waals surface area contributed by atoms with Crippen LogP contribution in [0, 0.1) is 5.92 Å². The van der Waals surface area contributed by atoms with Crippen LogP contribution in [0.5, 0.6) is 0 Å². The maximum Gasteiger partial charge on any atom is 0.222 e. The number of hydrogen-bond donors (Lipinski definition) is 3. The zero-order chi connectivity index (χ0) is 18.8. The van der Waals surface area contributed by atoms with Crippen LogP contribution in [-0.2, 0) is 4.79 Å². The monoisotopic (exact) mass is 486 g/mol. The van der Waals surface area contributed by atoms with E-state index in [1.54, 1.807) is 0 Å². The van der Waals surface area contributed by atoms with Crippen molar-refractivity contribution in [2.45, 2.75) is 58.4 Å². The molecular weight excluding hydrogens is 451 g/mol. The fourth-order valence-electron chi connectivity index (χ4n) is 3.36. The summed E-state index contributed by atoms with van der Waals surface area (Å²) in [5.74, 6) is 1.64. The van der Waals surface area contributed by atoms with Crippen molar-refractivity contribution in [1.29, 1.82) is 0 Å². The average molecular weight is 486 g/mol. The maximum absolute atomic E-state index is 11.6. The van der Waals surface area contributed by atoms with E-state index in [9.17, 15) is 4.79 Å². The second-order valence-electron chi connectivity index (χ2n) is 7.31. The molecule has 1 aromatic rings. The Kier molecular flexibility index (Phi) is 11.4. The van der Waals surface area contributed by atoms with E-state index in [2.05, 4.69) is 58.2 Å². The van der Waals surface area contributed by atoms with Crippen LogP contribution in [0.3, 0.4) is 0 Å². The molecule has 6 heteroatoms. The quantitative estimate of drug-likeness (QED) is 0.239. The molecule has 5 nitrogen and oxygen atoms in total. The fourth-order valence-corrected chi connectivity index (χ4v) is 3.36. The summed E-state index contributed by atoms with van der Waals surface area (Å²) in [6.45, 7) is 7.88. The average Bonchev–Trinajstić information content (AvgIpc) is 2.66. The molecule has 152 valence electrons. The molecule has 1 amide bonds. The van der Waals surface area contributed by atoms with Gasteiger partial charge in [-0.3, -0.25) is 9.79 Å². The summed E-state index contributed by atoms with van der Waals surface area (Å²) in [5, 5.41) is 9.78. The fraction of sp³-hybridized carbons (Fsp3) is 0.619. The van der Waals surface area contributed by atoms with Crippen LogP contribution in [-0.4, -0.2) is 37.5 Å². The molecular formula is C21H35IN4O. The molecule has 0 heterocycles. The Hall–Kier alpha value is -1.31. The molecule has 2 rings (SSSR count). The molecule has 0 spiro atoms. The zero-order valence-electron chi connectivity index (χ0n) is 16.8. The highest BCUT2D eigenvalue weighted by Gasteiger charge is 2.22. The van der Waals surface area contributed by atoms with Gasteiger partial charge in [0.05, 0.1) is 6.54 Å². The molecule has 0 bridgehead atoms. The first-order valence-electron chi connectivity index (χ1n) is 9.97. The largest absolute Gasteiger partial charge is 0.357 e. The van der Waals surface area contributed by atoms with Crippen LogP contribution in [0.1, 0.15) is 57.9 Å². The third kappa shape index (κ3) is 8.49. The van der Waals surface area contributed by atoms with Gasteiger partial charge in [-0.2, -0.15) is 0 Å². The highest BCUT2D eigenvalue weighted by atomic mass is 127. The number of benzene rings is 1. The summed E-state index contributed by atoms with van der Waals surface area (Å²) < 4.78 is 0. The van der Waals surface area contributed by atoms with Crippen LogP contribution in [0.15, 0.2) is 35.3 Å². The first-order valence-corrected chi connectivity index (χ1v) is 9.97. The number of hydrogen-bond acceptors (Lipinski definition) is 2. The minimum absolute atomic E-state index is 0. The maximum atomic E-state index is 11.6. The predicted octanol–water partition coefficient (Wildman–Crippen LogP) is 3.66. The van der Waals surface area contributed by atoms with Gasteiger partial charge in [0.2, 0.25) is 5.91 Å². The topological polar surface area (TPSA) is 65.5 Å². The third-order valence-corrected chi connectivity index (χ3v) is 4.89. The van der Waals surface area contributed by atoms with Crippen LogP contribution in [0.4, 0.5) is 0 Å². The van der Waals surface area contributed by atoms with E-state index in [4.69, 9.17) is 0 Å². The minimum atomic E-state index is 0. The molecule has 0 saturated heterocycles. The minimum Gasteiger partial charge on any atom is -0.357 e. The summed E-state index contributed by atoms with van der Waals surface area (Å²) in [4.78, 5) is 16.2. The molecule has 1 aliphatic rings. The Morgan fingerprint density at radius 1 is 1.11 bits per heavy atom. The molecule has 0 atom stereocenters. The van der Waals surface area contributed by atoms with Crippen molar-refractivity contribution in [2.24, 2.45) is 10.9 Å². The summed E-state index contributed by atoms with van der Waals surface area (Å²) >= 11 is 0. The van der Waals surface area contributed by atoms with Crippen LogP contribution in [0.2, 0.25) is 0 Å². The first kappa shape index (κ1) is 23.7. The summed E-state index contributed by atoms with van der Waals surface area (Å²) in [7, 11) is 0. The van der Waals surface area contributed by atoms with Gasteiger partial charge in [0, 0.05) is 25.0 Å². The number of rotatable bonds is 7. The Balaban J connectivity index is 0.00000364. The smallest absolute Gasteiger partial charge is 0.222 e.